The summed E-state index contributed by atoms with van der Waals surface area (Å²) in [5, 5.41) is 2.94. The van der Waals surface area contributed by atoms with E-state index in [1.807, 2.05) is 67.3 Å². The zero-order valence-corrected chi connectivity index (χ0v) is 18.7. The van der Waals surface area contributed by atoms with Gasteiger partial charge in [-0.05, 0) is 48.7 Å². The number of nitrogens with one attached hydrogen (secondary N) is 1. The number of rotatable bonds is 6. The van der Waals surface area contributed by atoms with E-state index in [0.717, 1.165) is 35.5 Å². The van der Waals surface area contributed by atoms with Crippen LogP contribution >= 0.6 is 0 Å². The van der Waals surface area contributed by atoms with E-state index in [1.165, 1.54) is 0 Å². The molecule has 3 aromatic rings. The number of nitrogens with zero attached hydrogens (tertiary/aromatic N) is 3. The van der Waals surface area contributed by atoms with Crippen molar-refractivity contribution in [3.05, 3.63) is 89.7 Å². The number of hydrogen-bond donors (Lipinski definition) is 1. The predicted molar refractivity (Wildman–Crippen MR) is 126 cm³/mol. The summed E-state index contributed by atoms with van der Waals surface area (Å²) in [7, 11) is 0. The van der Waals surface area contributed by atoms with E-state index >= 15 is 0 Å². The summed E-state index contributed by atoms with van der Waals surface area (Å²) in [6.07, 6.45) is 2.84. The highest BCUT2D eigenvalue weighted by Gasteiger charge is 2.33. The van der Waals surface area contributed by atoms with Gasteiger partial charge in [-0.25, -0.2) is 4.79 Å². The molecule has 1 aliphatic heterocycles. The molecule has 1 unspecified atom stereocenters. The SMILES string of the molecule is CCCN(CC(=O)N1CCn2cccc2C1c1ccccc1)C(=O)Nc1cccc(C)c1. The predicted octanol–water partition coefficient (Wildman–Crippen LogP) is 4.67. The lowest BCUT2D eigenvalue weighted by Crippen LogP contribution is -2.48. The Bertz CT molecular complexity index is 1080. The molecule has 0 radical (unpaired) electrons. The lowest BCUT2D eigenvalue weighted by Gasteiger charge is -2.38. The number of aryl methyl sites for hydroxylation is 1. The van der Waals surface area contributed by atoms with Crippen molar-refractivity contribution >= 4 is 17.6 Å². The number of urea groups is 1. The first-order valence-electron chi connectivity index (χ1n) is 11.2. The summed E-state index contributed by atoms with van der Waals surface area (Å²) in [4.78, 5) is 30.0. The third-order valence-electron chi connectivity index (χ3n) is 5.85. The van der Waals surface area contributed by atoms with Gasteiger partial charge in [-0.2, -0.15) is 0 Å². The maximum Gasteiger partial charge on any atom is 0.322 e. The van der Waals surface area contributed by atoms with Crippen LogP contribution in [0.4, 0.5) is 10.5 Å². The molecule has 0 saturated heterocycles. The lowest BCUT2D eigenvalue weighted by atomic mass is 10.00. The molecular formula is C26H30N4O2. The van der Waals surface area contributed by atoms with Crippen molar-refractivity contribution in [2.24, 2.45) is 0 Å². The largest absolute Gasteiger partial charge is 0.348 e. The first-order chi connectivity index (χ1) is 15.6. The molecule has 32 heavy (non-hydrogen) atoms. The molecule has 0 fully saturated rings. The fourth-order valence-corrected chi connectivity index (χ4v) is 4.34. The number of anilines is 1. The lowest BCUT2D eigenvalue weighted by molar-refractivity contribution is -0.134. The van der Waals surface area contributed by atoms with Gasteiger partial charge in [0.05, 0.1) is 6.04 Å². The van der Waals surface area contributed by atoms with Crippen LogP contribution in [0.1, 0.15) is 36.2 Å². The highest BCUT2D eigenvalue weighted by molar-refractivity contribution is 5.92. The van der Waals surface area contributed by atoms with Crippen LogP contribution in [0.15, 0.2) is 72.9 Å². The second-order valence-electron chi connectivity index (χ2n) is 8.25. The minimum Gasteiger partial charge on any atom is -0.348 e. The molecule has 2 aromatic carbocycles. The highest BCUT2D eigenvalue weighted by atomic mass is 16.2. The Kier molecular flexibility index (Phi) is 6.59. The third-order valence-corrected chi connectivity index (χ3v) is 5.85. The van der Waals surface area contributed by atoms with E-state index in [1.54, 1.807) is 4.90 Å². The summed E-state index contributed by atoms with van der Waals surface area (Å²) in [6.45, 7) is 5.93. The molecule has 0 aliphatic carbocycles. The van der Waals surface area contributed by atoms with Crippen molar-refractivity contribution in [3.8, 4) is 0 Å². The van der Waals surface area contributed by atoms with Crippen LogP contribution in [0.5, 0.6) is 0 Å². The normalized spacial score (nSPS) is 15.2. The second kappa shape index (κ2) is 9.73. The number of aromatic nitrogens is 1. The van der Waals surface area contributed by atoms with Gasteiger partial charge in [0.15, 0.2) is 0 Å². The molecule has 6 nitrogen and oxygen atoms in total. The molecule has 1 atom stereocenters. The molecule has 0 saturated carbocycles. The number of amides is 3. The number of carbonyl (C=O) groups excluding carboxylic acids is 2. The summed E-state index contributed by atoms with van der Waals surface area (Å²) in [5.41, 5.74) is 3.98. The Morgan fingerprint density at radius 2 is 1.84 bits per heavy atom. The Balaban J connectivity index is 1.54. The quantitative estimate of drug-likeness (QED) is 0.618. The average Bonchev–Trinajstić information content (AvgIpc) is 3.27. The standard InChI is InChI=1S/C26H30N4O2/c1-3-14-29(26(32)27-22-12-7-9-20(2)18-22)19-24(31)30-17-16-28-15-8-13-23(28)25(30)21-10-5-4-6-11-21/h4-13,15,18,25H,3,14,16-17,19H2,1-2H3,(H,27,32). The van der Waals surface area contributed by atoms with Crippen LogP contribution in [0.25, 0.3) is 0 Å². The van der Waals surface area contributed by atoms with E-state index in [-0.39, 0.29) is 24.5 Å². The molecule has 6 heteroatoms. The van der Waals surface area contributed by atoms with Crippen molar-refractivity contribution in [1.82, 2.24) is 14.4 Å². The zero-order valence-electron chi connectivity index (χ0n) is 18.7. The minimum atomic E-state index is -0.248. The topological polar surface area (TPSA) is 57.6 Å². The van der Waals surface area contributed by atoms with Crippen LogP contribution in [0.3, 0.4) is 0 Å². The van der Waals surface area contributed by atoms with Crippen molar-refractivity contribution in [3.63, 3.8) is 0 Å². The zero-order chi connectivity index (χ0) is 22.5. The van der Waals surface area contributed by atoms with Gasteiger partial charge in [-0.15, -0.1) is 0 Å². The first-order valence-corrected chi connectivity index (χ1v) is 11.2. The summed E-state index contributed by atoms with van der Waals surface area (Å²) in [5.74, 6) is -0.0425. The van der Waals surface area contributed by atoms with E-state index < -0.39 is 0 Å². The molecule has 3 amide bonds. The molecule has 0 bridgehead atoms. The van der Waals surface area contributed by atoms with Gasteiger partial charge in [-0.1, -0.05) is 49.4 Å². The summed E-state index contributed by atoms with van der Waals surface area (Å²) < 4.78 is 2.20. The number of benzene rings is 2. The average molecular weight is 431 g/mol. The number of carbonyl (C=O) groups is 2. The van der Waals surface area contributed by atoms with Crippen LogP contribution in [0.2, 0.25) is 0 Å². The van der Waals surface area contributed by atoms with Crippen molar-refractivity contribution in [2.45, 2.75) is 32.9 Å². The van der Waals surface area contributed by atoms with Crippen molar-refractivity contribution in [1.29, 1.82) is 0 Å². The number of hydrogen-bond acceptors (Lipinski definition) is 2. The van der Waals surface area contributed by atoms with Gasteiger partial charge in [0.2, 0.25) is 5.91 Å². The smallest absolute Gasteiger partial charge is 0.322 e. The van der Waals surface area contributed by atoms with E-state index in [9.17, 15) is 9.59 Å². The molecule has 1 N–H and O–H groups in total. The molecule has 4 rings (SSSR count). The van der Waals surface area contributed by atoms with Crippen LogP contribution in [-0.4, -0.2) is 45.9 Å². The summed E-state index contributed by atoms with van der Waals surface area (Å²) >= 11 is 0. The third kappa shape index (κ3) is 4.69. The minimum absolute atomic E-state index is 0.0425. The van der Waals surface area contributed by atoms with Crippen LogP contribution in [0, 0.1) is 6.92 Å². The van der Waals surface area contributed by atoms with E-state index in [4.69, 9.17) is 0 Å². The Labute approximate surface area is 189 Å². The Hall–Kier alpha value is -3.54. The number of fused-ring (bicyclic) bond motifs is 1. The van der Waals surface area contributed by atoms with Crippen LogP contribution < -0.4 is 5.32 Å². The van der Waals surface area contributed by atoms with Gasteiger partial charge < -0.3 is 19.7 Å². The maximum absolute atomic E-state index is 13.5. The molecule has 166 valence electrons. The fraction of sp³-hybridized carbons (Fsp3) is 0.308. The molecule has 1 aromatic heterocycles. The van der Waals surface area contributed by atoms with Gasteiger partial charge in [0, 0.05) is 37.2 Å². The summed E-state index contributed by atoms with van der Waals surface area (Å²) in [6, 6.07) is 21.5. The molecule has 1 aliphatic rings. The van der Waals surface area contributed by atoms with Gasteiger partial charge in [0.1, 0.15) is 6.54 Å². The first kappa shape index (κ1) is 21.7. The van der Waals surface area contributed by atoms with E-state index in [2.05, 4.69) is 34.3 Å². The van der Waals surface area contributed by atoms with Gasteiger partial charge in [-0.3, -0.25) is 4.79 Å². The van der Waals surface area contributed by atoms with Crippen LogP contribution in [-0.2, 0) is 11.3 Å². The Morgan fingerprint density at radius 3 is 2.59 bits per heavy atom. The maximum atomic E-state index is 13.5. The van der Waals surface area contributed by atoms with Gasteiger partial charge >= 0.3 is 6.03 Å². The molecular weight excluding hydrogens is 400 g/mol. The highest BCUT2D eigenvalue weighted by Crippen LogP contribution is 2.32. The fourth-order valence-electron chi connectivity index (χ4n) is 4.34. The van der Waals surface area contributed by atoms with E-state index in [0.29, 0.717) is 13.1 Å². The Morgan fingerprint density at radius 1 is 1.03 bits per heavy atom. The van der Waals surface area contributed by atoms with Crippen molar-refractivity contribution in [2.75, 3.05) is 25.0 Å². The van der Waals surface area contributed by atoms with Gasteiger partial charge in [0.25, 0.3) is 0 Å². The second-order valence-corrected chi connectivity index (χ2v) is 8.25. The molecule has 2 heterocycles. The monoisotopic (exact) mass is 430 g/mol. The molecule has 0 spiro atoms. The van der Waals surface area contributed by atoms with Crippen molar-refractivity contribution < 1.29 is 9.59 Å².